The van der Waals surface area contributed by atoms with E-state index in [0.717, 1.165) is 10.0 Å². The fourth-order valence-electron chi connectivity index (χ4n) is 1.84. The lowest BCUT2D eigenvalue weighted by atomic mass is 10.1. The van der Waals surface area contributed by atoms with Crippen molar-refractivity contribution < 1.29 is 10.2 Å². The van der Waals surface area contributed by atoms with Gasteiger partial charge in [0.2, 0.25) is 0 Å². The van der Waals surface area contributed by atoms with Gasteiger partial charge in [0.25, 0.3) is 0 Å². The molecular formula is C15H16BrNO2. The number of rotatable bonds is 4. The van der Waals surface area contributed by atoms with Gasteiger partial charge in [-0.25, -0.2) is 0 Å². The number of phenolic OH excluding ortho intramolecular Hbond substituents is 2. The van der Waals surface area contributed by atoms with Crippen molar-refractivity contribution in [2.45, 2.75) is 19.5 Å². The van der Waals surface area contributed by atoms with Gasteiger partial charge in [-0.1, -0.05) is 34.1 Å². The Hall–Kier alpha value is -1.52. The summed E-state index contributed by atoms with van der Waals surface area (Å²) in [6.45, 7) is 2.71. The first-order chi connectivity index (χ1) is 9.06. The molecule has 4 heteroatoms. The standard InChI is InChI=1S/C15H16BrNO2/c1-10(12-3-2-4-13(16)8-12)17-9-11-5-6-14(18)15(19)7-11/h2-8,10,17-19H,9H2,1H3/t10-/m1/s1. The Labute approximate surface area is 121 Å². The molecular weight excluding hydrogens is 306 g/mol. The molecule has 0 bridgehead atoms. The van der Waals surface area contributed by atoms with Crippen LogP contribution in [-0.4, -0.2) is 10.2 Å². The zero-order valence-electron chi connectivity index (χ0n) is 10.6. The molecule has 2 aromatic rings. The number of nitrogens with one attached hydrogen (secondary N) is 1. The smallest absolute Gasteiger partial charge is 0.157 e. The molecule has 0 unspecified atom stereocenters. The third-order valence-corrected chi connectivity index (χ3v) is 3.49. The van der Waals surface area contributed by atoms with Gasteiger partial charge in [0.05, 0.1) is 0 Å². The molecule has 0 fully saturated rings. The van der Waals surface area contributed by atoms with Crippen LogP contribution in [0.5, 0.6) is 11.5 Å². The Balaban J connectivity index is 2.00. The zero-order valence-corrected chi connectivity index (χ0v) is 12.2. The SMILES string of the molecule is C[C@@H](NCc1ccc(O)c(O)c1)c1cccc(Br)c1. The van der Waals surface area contributed by atoms with Crippen LogP contribution in [0, 0.1) is 0 Å². The minimum Gasteiger partial charge on any atom is -0.504 e. The van der Waals surface area contributed by atoms with E-state index in [1.165, 1.54) is 11.6 Å². The first-order valence-corrected chi connectivity index (χ1v) is 6.85. The quantitative estimate of drug-likeness (QED) is 0.752. The van der Waals surface area contributed by atoms with Crippen molar-refractivity contribution in [2.24, 2.45) is 0 Å². The molecule has 1 atom stereocenters. The molecule has 3 N–H and O–H groups in total. The molecule has 19 heavy (non-hydrogen) atoms. The Morgan fingerprint density at radius 3 is 2.58 bits per heavy atom. The molecule has 2 rings (SSSR count). The Kier molecular flexibility index (Phi) is 4.45. The van der Waals surface area contributed by atoms with E-state index in [2.05, 4.69) is 40.3 Å². The van der Waals surface area contributed by atoms with Crippen LogP contribution >= 0.6 is 15.9 Å². The average Bonchev–Trinajstić information content (AvgIpc) is 2.40. The van der Waals surface area contributed by atoms with Gasteiger partial charge >= 0.3 is 0 Å². The van der Waals surface area contributed by atoms with E-state index in [4.69, 9.17) is 0 Å². The lowest BCUT2D eigenvalue weighted by molar-refractivity contribution is 0.402. The summed E-state index contributed by atoms with van der Waals surface area (Å²) in [6.07, 6.45) is 0. The summed E-state index contributed by atoms with van der Waals surface area (Å²) >= 11 is 3.46. The summed E-state index contributed by atoms with van der Waals surface area (Å²) in [4.78, 5) is 0. The highest BCUT2D eigenvalue weighted by Crippen LogP contribution is 2.25. The maximum absolute atomic E-state index is 9.43. The summed E-state index contributed by atoms with van der Waals surface area (Å²) in [5.74, 6) is -0.182. The predicted octanol–water partition coefficient (Wildman–Crippen LogP) is 3.71. The fourth-order valence-corrected chi connectivity index (χ4v) is 2.26. The van der Waals surface area contributed by atoms with Gasteiger partial charge in [-0.3, -0.25) is 0 Å². The van der Waals surface area contributed by atoms with Crippen molar-refractivity contribution in [1.29, 1.82) is 0 Å². The molecule has 0 aliphatic carbocycles. The van der Waals surface area contributed by atoms with Gasteiger partial charge in [0.15, 0.2) is 11.5 Å². The average molecular weight is 322 g/mol. The van der Waals surface area contributed by atoms with Crippen molar-refractivity contribution in [2.75, 3.05) is 0 Å². The van der Waals surface area contributed by atoms with E-state index < -0.39 is 0 Å². The first-order valence-electron chi connectivity index (χ1n) is 6.06. The monoisotopic (exact) mass is 321 g/mol. The summed E-state index contributed by atoms with van der Waals surface area (Å²) in [5, 5.41) is 22.1. The Morgan fingerprint density at radius 2 is 1.89 bits per heavy atom. The largest absolute Gasteiger partial charge is 0.504 e. The maximum Gasteiger partial charge on any atom is 0.157 e. The second-order valence-corrected chi connectivity index (χ2v) is 5.40. The van der Waals surface area contributed by atoms with Gasteiger partial charge in [-0.15, -0.1) is 0 Å². The molecule has 0 radical (unpaired) electrons. The number of benzene rings is 2. The number of halogens is 1. The van der Waals surface area contributed by atoms with E-state index in [9.17, 15) is 10.2 Å². The van der Waals surface area contributed by atoms with E-state index >= 15 is 0 Å². The Morgan fingerprint density at radius 1 is 1.11 bits per heavy atom. The van der Waals surface area contributed by atoms with Gasteiger partial charge in [0, 0.05) is 17.1 Å². The lowest BCUT2D eigenvalue weighted by Gasteiger charge is -2.15. The topological polar surface area (TPSA) is 52.5 Å². The van der Waals surface area contributed by atoms with Gasteiger partial charge < -0.3 is 15.5 Å². The molecule has 0 saturated heterocycles. The molecule has 0 spiro atoms. The number of hydrogen-bond acceptors (Lipinski definition) is 3. The van der Waals surface area contributed by atoms with Crippen LogP contribution in [-0.2, 0) is 6.54 Å². The normalized spacial score (nSPS) is 12.3. The summed E-state index contributed by atoms with van der Waals surface area (Å²) in [5.41, 5.74) is 2.12. The van der Waals surface area contributed by atoms with Crippen LogP contribution < -0.4 is 5.32 Å². The third-order valence-electron chi connectivity index (χ3n) is 3.00. The fraction of sp³-hybridized carbons (Fsp3) is 0.200. The molecule has 0 amide bonds. The highest BCUT2D eigenvalue weighted by Gasteiger charge is 2.06. The molecule has 0 saturated carbocycles. The number of phenols is 2. The van der Waals surface area contributed by atoms with Crippen LogP contribution in [0.15, 0.2) is 46.9 Å². The van der Waals surface area contributed by atoms with E-state index in [-0.39, 0.29) is 17.5 Å². The molecule has 3 nitrogen and oxygen atoms in total. The first kappa shape index (κ1) is 13.9. The zero-order chi connectivity index (χ0) is 13.8. The number of aromatic hydroxyl groups is 2. The molecule has 0 aliphatic heterocycles. The minimum absolute atomic E-state index is 0.0885. The van der Waals surface area contributed by atoms with Crippen LogP contribution in [0.2, 0.25) is 0 Å². The van der Waals surface area contributed by atoms with Crippen molar-refractivity contribution in [3.05, 3.63) is 58.1 Å². The predicted molar refractivity (Wildman–Crippen MR) is 79.2 cm³/mol. The van der Waals surface area contributed by atoms with Gasteiger partial charge in [-0.2, -0.15) is 0 Å². The Bertz CT molecular complexity index is 572. The van der Waals surface area contributed by atoms with E-state index in [1.54, 1.807) is 12.1 Å². The molecule has 2 aromatic carbocycles. The maximum atomic E-state index is 9.43. The second-order valence-electron chi connectivity index (χ2n) is 4.48. The van der Waals surface area contributed by atoms with Crippen molar-refractivity contribution in [3.63, 3.8) is 0 Å². The summed E-state index contributed by atoms with van der Waals surface area (Å²) in [7, 11) is 0. The van der Waals surface area contributed by atoms with Crippen LogP contribution in [0.3, 0.4) is 0 Å². The molecule has 0 aliphatic rings. The van der Waals surface area contributed by atoms with Crippen LogP contribution in [0.25, 0.3) is 0 Å². The second kappa shape index (κ2) is 6.08. The lowest BCUT2D eigenvalue weighted by Crippen LogP contribution is -2.17. The number of hydrogen-bond donors (Lipinski definition) is 3. The highest BCUT2D eigenvalue weighted by atomic mass is 79.9. The van der Waals surface area contributed by atoms with Crippen LogP contribution in [0.4, 0.5) is 0 Å². The van der Waals surface area contributed by atoms with Gasteiger partial charge in [-0.05, 0) is 42.3 Å². The third kappa shape index (κ3) is 3.72. The van der Waals surface area contributed by atoms with E-state index in [0.29, 0.717) is 6.54 Å². The highest BCUT2D eigenvalue weighted by molar-refractivity contribution is 9.10. The minimum atomic E-state index is -0.0937. The van der Waals surface area contributed by atoms with Crippen LogP contribution in [0.1, 0.15) is 24.1 Å². The van der Waals surface area contributed by atoms with Crippen molar-refractivity contribution in [3.8, 4) is 11.5 Å². The molecule has 100 valence electrons. The van der Waals surface area contributed by atoms with Gasteiger partial charge in [0.1, 0.15) is 0 Å². The molecule has 0 heterocycles. The van der Waals surface area contributed by atoms with E-state index in [1.807, 2.05) is 12.1 Å². The van der Waals surface area contributed by atoms with Crippen molar-refractivity contribution in [1.82, 2.24) is 5.32 Å². The molecule has 0 aromatic heterocycles. The van der Waals surface area contributed by atoms with Crippen molar-refractivity contribution >= 4 is 15.9 Å². The summed E-state index contributed by atoms with van der Waals surface area (Å²) in [6, 6.07) is 13.2. The summed E-state index contributed by atoms with van der Waals surface area (Å²) < 4.78 is 1.06.